The lowest BCUT2D eigenvalue weighted by Gasteiger charge is -2.34. The summed E-state index contributed by atoms with van der Waals surface area (Å²) in [7, 11) is 0. The van der Waals surface area contributed by atoms with Crippen LogP contribution >= 0.6 is 23.5 Å². The van der Waals surface area contributed by atoms with Crippen molar-refractivity contribution >= 4 is 68.4 Å². The van der Waals surface area contributed by atoms with Gasteiger partial charge in [-0.25, -0.2) is 0 Å². The predicted octanol–water partition coefficient (Wildman–Crippen LogP) is 8.00. The normalized spacial score (nSPS) is 15.7. The van der Waals surface area contributed by atoms with Crippen molar-refractivity contribution in [2.24, 2.45) is 0 Å². The minimum atomic E-state index is 0.216. The first kappa shape index (κ1) is 25.2. The van der Waals surface area contributed by atoms with E-state index in [-0.39, 0.29) is 6.71 Å². The highest BCUT2D eigenvalue weighted by molar-refractivity contribution is 8.01. The topological polar surface area (TPSA) is 9.86 Å². The van der Waals surface area contributed by atoms with Crippen molar-refractivity contribution in [1.82, 2.24) is 9.13 Å². The minimum Gasteiger partial charge on any atom is -0.313 e. The van der Waals surface area contributed by atoms with Crippen LogP contribution in [-0.4, -0.2) is 15.8 Å². The lowest BCUT2D eigenvalue weighted by Crippen LogP contribution is -2.58. The Kier molecular flexibility index (Phi) is 5.17. The molecule has 0 bridgehead atoms. The van der Waals surface area contributed by atoms with Crippen molar-refractivity contribution in [2.45, 2.75) is 58.1 Å². The number of aryl methyl sites for hydroxylation is 2. The number of hydrogen-bond acceptors (Lipinski definition) is 2. The third kappa shape index (κ3) is 3.35. The van der Waals surface area contributed by atoms with E-state index in [1.165, 1.54) is 106 Å². The quantitative estimate of drug-likeness (QED) is 0.183. The van der Waals surface area contributed by atoms with Crippen LogP contribution in [0.5, 0.6) is 0 Å². The van der Waals surface area contributed by atoms with Gasteiger partial charge in [-0.05, 0) is 97.6 Å². The zero-order chi connectivity index (χ0) is 29.2. The van der Waals surface area contributed by atoms with Crippen LogP contribution in [0.1, 0.15) is 35.4 Å². The number of hydrogen-bond donors (Lipinski definition) is 0. The second-order valence-corrected chi connectivity index (χ2v) is 15.1. The molecule has 0 unspecified atom stereocenters. The number of benzene rings is 5. The molecule has 2 aromatic heterocycles. The molecule has 0 atom stereocenters. The van der Waals surface area contributed by atoms with Crippen LogP contribution in [-0.2, 0) is 25.7 Å². The molecule has 0 saturated carbocycles. The van der Waals surface area contributed by atoms with Gasteiger partial charge in [0.05, 0.1) is 16.7 Å². The van der Waals surface area contributed by atoms with Crippen molar-refractivity contribution in [3.63, 3.8) is 0 Å². The molecule has 5 heteroatoms. The summed E-state index contributed by atoms with van der Waals surface area (Å²) in [5.41, 5.74) is 15.9. The van der Waals surface area contributed by atoms with Crippen molar-refractivity contribution in [3.8, 4) is 11.4 Å². The Morgan fingerprint density at radius 3 is 1.93 bits per heavy atom. The fourth-order valence-electron chi connectivity index (χ4n) is 8.98. The minimum absolute atomic E-state index is 0.216. The highest BCUT2D eigenvalue weighted by Crippen LogP contribution is 2.45. The van der Waals surface area contributed by atoms with E-state index < -0.39 is 0 Å². The van der Waals surface area contributed by atoms with E-state index in [1.807, 2.05) is 23.5 Å². The van der Waals surface area contributed by atoms with Gasteiger partial charge >= 0.3 is 0 Å². The lowest BCUT2D eigenvalue weighted by atomic mass is 9.36. The molecule has 2 aliphatic carbocycles. The zero-order valence-corrected chi connectivity index (χ0v) is 26.5. The first-order chi connectivity index (χ1) is 22.3. The highest BCUT2D eigenvalue weighted by Gasteiger charge is 2.40. The first-order valence-electron chi connectivity index (χ1n) is 16.3. The third-order valence-electron chi connectivity index (χ3n) is 10.7. The summed E-state index contributed by atoms with van der Waals surface area (Å²) in [6.07, 6.45) is 7.11. The van der Waals surface area contributed by atoms with Gasteiger partial charge in [-0.1, -0.05) is 95.1 Å². The van der Waals surface area contributed by atoms with E-state index in [1.54, 1.807) is 11.1 Å². The summed E-state index contributed by atoms with van der Waals surface area (Å²) < 4.78 is 5.29. The SMILES string of the molecule is c1ccc2c(c1)Sc1cccc3c1B2c1cc(-n2c4c(c5ccccc52)CCC4)cc(-n2c4c(c5ccccc52)CCC4)c1S3. The largest absolute Gasteiger partial charge is 0.313 e. The van der Waals surface area contributed by atoms with Crippen molar-refractivity contribution in [1.29, 1.82) is 0 Å². The van der Waals surface area contributed by atoms with Crippen molar-refractivity contribution < 1.29 is 0 Å². The molecular formula is C40H29BN2S2. The second kappa shape index (κ2) is 9.25. The number of aromatic nitrogens is 2. The first-order valence-corrected chi connectivity index (χ1v) is 18.0. The van der Waals surface area contributed by atoms with Gasteiger partial charge in [0, 0.05) is 47.4 Å². The van der Waals surface area contributed by atoms with Crippen molar-refractivity contribution in [2.75, 3.05) is 0 Å². The van der Waals surface area contributed by atoms with Gasteiger partial charge in [-0.2, -0.15) is 0 Å². The van der Waals surface area contributed by atoms with Gasteiger partial charge < -0.3 is 9.13 Å². The maximum Gasteiger partial charge on any atom is 0.247 e. The summed E-state index contributed by atoms with van der Waals surface area (Å²) in [5, 5.41) is 2.86. The fourth-order valence-corrected chi connectivity index (χ4v) is 11.5. The van der Waals surface area contributed by atoms with Gasteiger partial charge in [0.2, 0.25) is 6.71 Å². The molecule has 214 valence electrons. The smallest absolute Gasteiger partial charge is 0.247 e. The Labute approximate surface area is 271 Å². The molecule has 0 saturated heterocycles. The monoisotopic (exact) mass is 612 g/mol. The summed E-state index contributed by atoms with van der Waals surface area (Å²) in [6, 6.07) is 39.4. The molecule has 0 N–H and O–H groups in total. The van der Waals surface area contributed by atoms with E-state index in [0.29, 0.717) is 0 Å². The predicted molar refractivity (Wildman–Crippen MR) is 190 cm³/mol. The molecular weight excluding hydrogens is 583 g/mol. The van der Waals surface area contributed by atoms with E-state index in [4.69, 9.17) is 0 Å². The Hall–Kier alpha value is -4.06. The second-order valence-electron chi connectivity index (χ2n) is 13.0. The van der Waals surface area contributed by atoms with E-state index in [9.17, 15) is 0 Å². The number of nitrogens with zero attached hydrogens (tertiary/aromatic N) is 2. The average molecular weight is 613 g/mol. The van der Waals surface area contributed by atoms with E-state index in [0.717, 1.165) is 12.8 Å². The standard InChI is InChI=1S/C40H29BN2S2/c1-4-15-31-25(10-1)27-12-7-17-32(27)42(31)24-22-30-40(35(23-24)43-33-16-5-2-11-26(33)28-13-8-18-34(28)43)45-38-21-9-20-37-39(38)41(30)29-14-3-6-19-36(29)44-37/h1-6,9-11,14-16,19-23H,7-8,12-13,17-18H2. The Balaban J connectivity index is 1.29. The fraction of sp³-hybridized carbons (Fsp3) is 0.150. The summed E-state index contributed by atoms with van der Waals surface area (Å²) in [6.45, 7) is 0.216. The number of para-hydroxylation sites is 2. The summed E-state index contributed by atoms with van der Waals surface area (Å²) in [5.74, 6) is 0. The molecule has 0 spiro atoms. The van der Waals surface area contributed by atoms with Gasteiger partial charge in [0.15, 0.2) is 0 Å². The van der Waals surface area contributed by atoms with Crippen LogP contribution in [0.25, 0.3) is 33.2 Å². The molecule has 2 aliphatic heterocycles. The molecule has 0 fully saturated rings. The van der Waals surface area contributed by atoms with Crippen LogP contribution in [0.15, 0.2) is 123 Å². The third-order valence-corrected chi connectivity index (χ3v) is 13.1. The lowest BCUT2D eigenvalue weighted by molar-refractivity contribution is 0.864. The zero-order valence-electron chi connectivity index (χ0n) is 24.8. The Bertz CT molecular complexity index is 2410. The highest BCUT2D eigenvalue weighted by atomic mass is 32.2. The van der Waals surface area contributed by atoms with Crippen LogP contribution in [0.3, 0.4) is 0 Å². The van der Waals surface area contributed by atoms with Crippen LogP contribution < -0.4 is 16.4 Å². The molecule has 0 radical (unpaired) electrons. The average Bonchev–Trinajstić information content (AvgIpc) is 3.86. The molecule has 2 nitrogen and oxygen atoms in total. The summed E-state index contributed by atoms with van der Waals surface area (Å²) >= 11 is 3.94. The molecule has 7 aromatic rings. The van der Waals surface area contributed by atoms with Gasteiger partial charge in [0.25, 0.3) is 0 Å². The molecule has 45 heavy (non-hydrogen) atoms. The summed E-state index contributed by atoms with van der Waals surface area (Å²) in [4.78, 5) is 5.61. The number of fused-ring (bicyclic) bond motifs is 10. The molecule has 11 rings (SSSR count). The maximum atomic E-state index is 2.66. The van der Waals surface area contributed by atoms with Crippen molar-refractivity contribution in [3.05, 3.63) is 126 Å². The number of rotatable bonds is 2. The molecule has 4 aliphatic rings. The maximum absolute atomic E-state index is 2.66. The van der Waals surface area contributed by atoms with Crippen LogP contribution in [0.4, 0.5) is 0 Å². The Morgan fingerprint density at radius 2 is 1.16 bits per heavy atom. The van der Waals surface area contributed by atoms with E-state index >= 15 is 0 Å². The van der Waals surface area contributed by atoms with Gasteiger partial charge in [0.1, 0.15) is 0 Å². The van der Waals surface area contributed by atoms with Gasteiger partial charge in [-0.15, -0.1) is 0 Å². The Morgan fingerprint density at radius 1 is 0.533 bits per heavy atom. The molecule has 0 amide bonds. The molecule has 4 heterocycles. The molecule has 5 aromatic carbocycles. The van der Waals surface area contributed by atoms with Gasteiger partial charge in [-0.3, -0.25) is 0 Å². The van der Waals surface area contributed by atoms with Crippen LogP contribution in [0, 0.1) is 0 Å². The van der Waals surface area contributed by atoms with Crippen LogP contribution in [0.2, 0.25) is 0 Å². The van der Waals surface area contributed by atoms with E-state index in [2.05, 4.69) is 112 Å².